The number of carbonyl (C=O) groups excluding carboxylic acids is 2. The zero-order chi connectivity index (χ0) is 16.3. The number of nitrogens with zero attached hydrogens (tertiary/aromatic N) is 1. The first-order chi connectivity index (χ1) is 10.3. The van der Waals surface area contributed by atoms with Crippen molar-refractivity contribution in [2.75, 3.05) is 19.6 Å². The standard InChI is InChI=1S/C17H24N2O3/c1-12(16(21)19-9-8-18-15(20)11-19)22-14-7-5-6-13(10-14)17(2,3)4/h5-7,10,12H,8-9,11H2,1-4H3,(H,18,20)/t12-/m1/s1. The van der Waals surface area contributed by atoms with Gasteiger partial charge in [0.15, 0.2) is 6.10 Å². The second-order valence-electron chi connectivity index (χ2n) is 6.65. The van der Waals surface area contributed by atoms with Crippen molar-refractivity contribution >= 4 is 11.8 Å². The quantitative estimate of drug-likeness (QED) is 0.925. The molecule has 1 atom stereocenters. The van der Waals surface area contributed by atoms with Crippen LogP contribution >= 0.6 is 0 Å². The average Bonchev–Trinajstić information content (AvgIpc) is 2.46. The van der Waals surface area contributed by atoms with Crippen LogP contribution in [-0.2, 0) is 15.0 Å². The van der Waals surface area contributed by atoms with E-state index in [1.165, 1.54) is 4.90 Å². The number of rotatable bonds is 3. The van der Waals surface area contributed by atoms with Crippen molar-refractivity contribution in [1.29, 1.82) is 0 Å². The van der Waals surface area contributed by atoms with Crippen LogP contribution in [0.3, 0.4) is 0 Å². The summed E-state index contributed by atoms with van der Waals surface area (Å²) in [4.78, 5) is 25.3. The molecule has 1 fully saturated rings. The second-order valence-corrected chi connectivity index (χ2v) is 6.65. The molecule has 22 heavy (non-hydrogen) atoms. The number of piperazine rings is 1. The maximum atomic E-state index is 12.4. The van der Waals surface area contributed by atoms with E-state index < -0.39 is 6.10 Å². The molecule has 0 bridgehead atoms. The van der Waals surface area contributed by atoms with E-state index in [2.05, 4.69) is 26.1 Å². The minimum atomic E-state index is -0.610. The van der Waals surface area contributed by atoms with E-state index in [9.17, 15) is 9.59 Å². The lowest BCUT2D eigenvalue weighted by atomic mass is 9.87. The molecule has 0 aliphatic carbocycles. The maximum absolute atomic E-state index is 12.4. The average molecular weight is 304 g/mol. The molecule has 1 aromatic rings. The largest absolute Gasteiger partial charge is 0.481 e. The van der Waals surface area contributed by atoms with Crippen LogP contribution in [-0.4, -0.2) is 42.5 Å². The molecule has 0 unspecified atom stereocenters. The van der Waals surface area contributed by atoms with Gasteiger partial charge < -0.3 is 15.0 Å². The maximum Gasteiger partial charge on any atom is 0.263 e. The van der Waals surface area contributed by atoms with Crippen molar-refractivity contribution < 1.29 is 14.3 Å². The Hall–Kier alpha value is -2.04. The summed E-state index contributed by atoms with van der Waals surface area (Å²) in [5, 5.41) is 2.71. The molecule has 0 radical (unpaired) electrons. The smallest absolute Gasteiger partial charge is 0.263 e. The molecule has 2 amide bonds. The van der Waals surface area contributed by atoms with E-state index >= 15 is 0 Å². The van der Waals surface area contributed by atoms with Crippen molar-refractivity contribution in [3.8, 4) is 5.75 Å². The monoisotopic (exact) mass is 304 g/mol. The molecular formula is C17H24N2O3. The first-order valence-electron chi connectivity index (χ1n) is 7.60. The molecular weight excluding hydrogens is 280 g/mol. The molecule has 1 aliphatic rings. The summed E-state index contributed by atoms with van der Waals surface area (Å²) < 4.78 is 5.78. The minimum Gasteiger partial charge on any atom is -0.481 e. The molecule has 1 heterocycles. The van der Waals surface area contributed by atoms with Crippen LogP contribution in [0.25, 0.3) is 0 Å². The summed E-state index contributed by atoms with van der Waals surface area (Å²) >= 11 is 0. The molecule has 1 aromatic carbocycles. The van der Waals surface area contributed by atoms with Crippen molar-refractivity contribution in [1.82, 2.24) is 10.2 Å². The Morgan fingerprint density at radius 3 is 2.73 bits per heavy atom. The Morgan fingerprint density at radius 2 is 2.09 bits per heavy atom. The van der Waals surface area contributed by atoms with Gasteiger partial charge in [-0.2, -0.15) is 0 Å². The number of hydrogen-bond donors (Lipinski definition) is 1. The molecule has 1 aliphatic heterocycles. The zero-order valence-electron chi connectivity index (χ0n) is 13.7. The van der Waals surface area contributed by atoms with Crippen LogP contribution in [0.4, 0.5) is 0 Å². The number of carbonyl (C=O) groups is 2. The van der Waals surface area contributed by atoms with Gasteiger partial charge in [-0.05, 0) is 30.0 Å². The van der Waals surface area contributed by atoms with Crippen LogP contribution in [0.15, 0.2) is 24.3 Å². The SMILES string of the molecule is C[C@@H](Oc1cccc(C(C)(C)C)c1)C(=O)N1CCNC(=O)C1. The van der Waals surface area contributed by atoms with Crippen LogP contribution < -0.4 is 10.1 Å². The summed E-state index contributed by atoms with van der Waals surface area (Å²) in [6, 6.07) is 7.80. The van der Waals surface area contributed by atoms with Gasteiger partial charge >= 0.3 is 0 Å². The predicted molar refractivity (Wildman–Crippen MR) is 84.8 cm³/mol. The molecule has 0 spiro atoms. The lowest BCUT2D eigenvalue weighted by molar-refractivity contribution is -0.143. The van der Waals surface area contributed by atoms with Crippen molar-refractivity contribution in [3.63, 3.8) is 0 Å². The topological polar surface area (TPSA) is 58.6 Å². The van der Waals surface area contributed by atoms with Crippen LogP contribution in [0.2, 0.25) is 0 Å². The fourth-order valence-corrected chi connectivity index (χ4v) is 2.37. The van der Waals surface area contributed by atoms with Gasteiger partial charge in [-0.25, -0.2) is 0 Å². The summed E-state index contributed by atoms with van der Waals surface area (Å²) in [6.07, 6.45) is -0.610. The van der Waals surface area contributed by atoms with Gasteiger partial charge in [0, 0.05) is 13.1 Å². The number of ether oxygens (including phenoxy) is 1. The highest BCUT2D eigenvalue weighted by Gasteiger charge is 2.26. The number of amides is 2. The van der Waals surface area contributed by atoms with E-state index in [4.69, 9.17) is 4.74 Å². The highest BCUT2D eigenvalue weighted by molar-refractivity contribution is 5.88. The minimum absolute atomic E-state index is 0.0254. The van der Waals surface area contributed by atoms with Gasteiger partial charge in [-0.3, -0.25) is 9.59 Å². The van der Waals surface area contributed by atoms with Gasteiger partial charge in [0.25, 0.3) is 5.91 Å². The van der Waals surface area contributed by atoms with Gasteiger partial charge in [-0.1, -0.05) is 32.9 Å². The highest BCUT2D eigenvalue weighted by atomic mass is 16.5. The van der Waals surface area contributed by atoms with Crippen LogP contribution in [0, 0.1) is 0 Å². The number of hydrogen-bond acceptors (Lipinski definition) is 3. The summed E-state index contributed by atoms with van der Waals surface area (Å²) in [5.74, 6) is 0.396. The third-order valence-corrected chi connectivity index (χ3v) is 3.71. The van der Waals surface area contributed by atoms with E-state index in [0.717, 1.165) is 5.56 Å². The molecule has 5 nitrogen and oxygen atoms in total. The number of benzene rings is 1. The summed E-state index contributed by atoms with van der Waals surface area (Å²) in [6.45, 7) is 9.25. The van der Waals surface area contributed by atoms with E-state index in [-0.39, 0.29) is 23.8 Å². The van der Waals surface area contributed by atoms with Crippen LogP contribution in [0.5, 0.6) is 5.75 Å². The third kappa shape index (κ3) is 4.00. The molecule has 1 saturated heterocycles. The van der Waals surface area contributed by atoms with Crippen LogP contribution in [0.1, 0.15) is 33.3 Å². The summed E-state index contributed by atoms with van der Waals surface area (Å²) in [5.41, 5.74) is 1.18. The zero-order valence-corrected chi connectivity index (χ0v) is 13.7. The first-order valence-corrected chi connectivity index (χ1v) is 7.60. The van der Waals surface area contributed by atoms with Crippen molar-refractivity contribution in [3.05, 3.63) is 29.8 Å². The Morgan fingerprint density at radius 1 is 1.36 bits per heavy atom. The molecule has 0 saturated carbocycles. The lowest BCUT2D eigenvalue weighted by Gasteiger charge is -2.29. The van der Waals surface area contributed by atoms with Gasteiger partial charge in [0.05, 0.1) is 6.54 Å². The number of nitrogens with one attached hydrogen (secondary N) is 1. The summed E-state index contributed by atoms with van der Waals surface area (Å²) in [7, 11) is 0. The fraction of sp³-hybridized carbons (Fsp3) is 0.529. The normalized spacial score (nSPS) is 16.9. The first kappa shape index (κ1) is 16.3. The van der Waals surface area contributed by atoms with E-state index in [1.54, 1.807) is 6.92 Å². The highest BCUT2D eigenvalue weighted by Crippen LogP contribution is 2.26. The third-order valence-electron chi connectivity index (χ3n) is 3.71. The Labute approximate surface area is 131 Å². The van der Waals surface area contributed by atoms with Gasteiger partial charge in [0.2, 0.25) is 5.91 Å². The molecule has 5 heteroatoms. The second kappa shape index (κ2) is 6.38. The van der Waals surface area contributed by atoms with Crippen molar-refractivity contribution in [2.45, 2.75) is 39.2 Å². The Bertz CT molecular complexity index is 563. The predicted octanol–water partition coefficient (Wildman–Crippen LogP) is 1.71. The Kier molecular flexibility index (Phi) is 4.74. The van der Waals surface area contributed by atoms with Gasteiger partial charge in [-0.15, -0.1) is 0 Å². The van der Waals surface area contributed by atoms with E-state index in [1.807, 2.05) is 24.3 Å². The fourth-order valence-electron chi connectivity index (χ4n) is 2.37. The molecule has 1 N–H and O–H groups in total. The Balaban J connectivity index is 2.03. The molecule has 2 rings (SSSR count). The lowest BCUT2D eigenvalue weighted by Crippen LogP contribution is -2.53. The molecule has 0 aromatic heterocycles. The van der Waals surface area contributed by atoms with E-state index in [0.29, 0.717) is 18.8 Å². The van der Waals surface area contributed by atoms with Crippen molar-refractivity contribution in [2.24, 2.45) is 0 Å². The van der Waals surface area contributed by atoms with Gasteiger partial charge in [0.1, 0.15) is 5.75 Å². The molecule has 120 valence electrons.